The van der Waals surface area contributed by atoms with Crippen LogP contribution >= 0.6 is 0 Å². The van der Waals surface area contributed by atoms with Gasteiger partial charge in [-0.3, -0.25) is 14.2 Å². The molecule has 8 heteroatoms. The van der Waals surface area contributed by atoms with Crippen LogP contribution in [-0.2, 0) is 25.4 Å². The maximum Gasteiger partial charge on any atom is 0.332 e. The van der Waals surface area contributed by atoms with Crippen LogP contribution in [0, 0.1) is 0 Å². The molecule has 0 aromatic carbocycles. The molecular formula is C15H21N5O3. The number of imidazole rings is 1. The van der Waals surface area contributed by atoms with Crippen molar-refractivity contribution < 1.29 is 4.79 Å². The molecule has 2 aromatic heterocycles. The van der Waals surface area contributed by atoms with Crippen LogP contribution in [0.15, 0.2) is 15.9 Å². The van der Waals surface area contributed by atoms with Gasteiger partial charge >= 0.3 is 5.69 Å². The van der Waals surface area contributed by atoms with Crippen molar-refractivity contribution in [3.63, 3.8) is 0 Å². The van der Waals surface area contributed by atoms with Crippen molar-refractivity contribution in [1.29, 1.82) is 0 Å². The second-order valence-corrected chi connectivity index (χ2v) is 6.19. The second kappa shape index (κ2) is 5.68. The van der Waals surface area contributed by atoms with Crippen molar-refractivity contribution in [2.24, 2.45) is 14.1 Å². The summed E-state index contributed by atoms with van der Waals surface area (Å²) in [7, 11) is 3.25. The maximum atomic E-state index is 12.6. The van der Waals surface area contributed by atoms with Crippen LogP contribution in [0.3, 0.4) is 0 Å². The van der Waals surface area contributed by atoms with Crippen LogP contribution in [0.5, 0.6) is 0 Å². The molecule has 1 fully saturated rings. The van der Waals surface area contributed by atoms with Crippen molar-refractivity contribution in [2.75, 3.05) is 6.54 Å². The van der Waals surface area contributed by atoms with Crippen molar-refractivity contribution in [2.45, 2.75) is 38.8 Å². The van der Waals surface area contributed by atoms with Crippen molar-refractivity contribution >= 4 is 17.1 Å². The minimum atomic E-state index is -0.515. The van der Waals surface area contributed by atoms with Gasteiger partial charge in [0, 0.05) is 26.7 Å². The van der Waals surface area contributed by atoms with E-state index in [-0.39, 0.29) is 18.5 Å². The first-order valence-electron chi connectivity index (χ1n) is 7.82. The van der Waals surface area contributed by atoms with Crippen LogP contribution in [-0.4, -0.2) is 42.1 Å². The summed E-state index contributed by atoms with van der Waals surface area (Å²) in [6.45, 7) is 2.46. The van der Waals surface area contributed by atoms with Crippen molar-refractivity contribution in [3.05, 3.63) is 27.2 Å². The molecule has 3 rings (SSSR count). The normalized spacial score (nSPS) is 18.6. The number of piperidine rings is 1. The number of carbonyl (C=O) groups is 1. The lowest BCUT2D eigenvalue weighted by molar-refractivity contribution is -0.135. The minimum Gasteiger partial charge on any atom is -0.338 e. The summed E-state index contributed by atoms with van der Waals surface area (Å²) in [4.78, 5) is 43.4. The Hall–Kier alpha value is -2.38. The summed E-state index contributed by atoms with van der Waals surface area (Å²) < 4.78 is 3.89. The van der Waals surface area contributed by atoms with Crippen LogP contribution in [0.25, 0.3) is 11.2 Å². The number of likely N-dealkylation sites (tertiary alicyclic amines) is 1. The lowest BCUT2D eigenvalue weighted by Gasteiger charge is -2.33. The Morgan fingerprint density at radius 3 is 2.74 bits per heavy atom. The van der Waals surface area contributed by atoms with E-state index in [0.29, 0.717) is 17.7 Å². The van der Waals surface area contributed by atoms with Gasteiger partial charge in [-0.15, -0.1) is 0 Å². The van der Waals surface area contributed by atoms with Gasteiger partial charge in [0.1, 0.15) is 6.54 Å². The summed E-state index contributed by atoms with van der Waals surface area (Å²) in [5, 5.41) is 0. The van der Waals surface area contributed by atoms with E-state index in [9.17, 15) is 14.4 Å². The van der Waals surface area contributed by atoms with E-state index < -0.39 is 11.2 Å². The van der Waals surface area contributed by atoms with Gasteiger partial charge < -0.3 is 9.47 Å². The van der Waals surface area contributed by atoms with Gasteiger partial charge in [-0.2, -0.15) is 0 Å². The smallest absolute Gasteiger partial charge is 0.332 e. The molecule has 0 spiro atoms. The molecule has 1 atom stereocenters. The number of rotatable bonds is 2. The average Bonchev–Trinajstić information content (AvgIpc) is 2.91. The number of amides is 1. The lowest BCUT2D eigenvalue weighted by atomic mass is 10.0. The molecule has 2 aromatic rings. The Kier molecular flexibility index (Phi) is 3.83. The zero-order valence-corrected chi connectivity index (χ0v) is 13.7. The van der Waals surface area contributed by atoms with E-state index in [1.807, 2.05) is 6.92 Å². The maximum absolute atomic E-state index is 12.6. The molecule has 1 aliphatic rings. The van der Waals surface area contributed by atoms with Crippen LogP contribution in [0.1, 0.15) is 26.2 Å². The van der Waals surface area contributed by atoms with Crippen molar-refractivity contribution in [1.82, 2.24) is 23.6 Å². The van der Waals surface area contributed by atoms with Crippen molar-refractivity contribution in [3.8, 4) is 0 Å². The summed E-state index contributed by atoms with van der Waals surface area (Å²) >= 11 is 0. The van der Waals surface area contributed by atoms with Crippen LogP contribution in [0.4, 0.5) is 0 Å². The van der Waals surface area contributed by atoms with Crippen LogP contribution in [0.2, 0.25) is 0 Å². The molecule has 3 heterocycles. The molecule has 0 saturated carbocycles. The average molecular weight is 319 g/mol. The third-order valence-corrected chi connectivity index (χ3v) is 4.62. The molecule has 1 saturated heterocycles. The SMILES string of the molecule is C[C@@H]1CCCCN1C(=O)Cn1c(=O)c2c(ncn2C)n(C)c1=O. The second-order valence-electron chi connectivity index (χ2n) is 6.19. The predicted molar refractivity (Wildman–Crippen MR) is 85.2 cm³/mol. The standard InChI is InChI=1S/C15H21N5O3/c1-10-6-4-5-7-19(10)11(21)8-20-14(22)12-13(16-9-17(12)2)18(3)15(20)23/h9-10H,4-8H2,1-3H3/t10-/m1/s1. The predicted octanol–water partition coefficient (Wildman–Crippen LogP) is -0.165. The third-order valence-electron chi connectivity index (χ3n) is 4.62. The minimum absolute atomic E-state index is 0.149. The summed E-state index contributed by atoms with van der Waals surface area (Å²) in [6.07, 6.45) is 4.52. The topological polar surface area (TPSA) is 82.1 Å². The number of aryl methyl sites for hydroxylation is 2. The largest absolute Gasteiger partial charge is 0.338 e. The molecule has 0 radical (unpaired) electrons. The van der Waals surface area contributed by atoms with E-state index in [2.05, 4.69) is 4.98 Å². The highest BCUT2D eigenvalue weighted by Crippen LogP contribution is 2.16. The van der Waals surface area contributed by atoms with Gasteiger partial charge in [0.05, 0.1) is 6.33 Å². The van der Waals surface area contributed by atoms with E-state index in [0.717, 1.165) is 23.8 Å². The Labute approximate surface area is 132 Å². The summed E-state index contributed by atoms with van der Waals surface area (Å²) in [5.74, 6) is -0.182. The summed E-state index contributed by atoms with van der Waals surface area (Å²) in [5.41, 5.74) is -0.329. The van der Waals surface area contributed by atoms with Crippen LogP contribution < -0.4 is 11.2 Å². The molecule has 0 N–H and O–H groups in total. The number of hydrogen-bond donors (Lipinski definition) is 0. The fraction of sp³-hybridized carbons (Fsp3) is 0.600. The van der Waals surface area contributed by atoms with Gasteiger partial charge in [0.15, 0.2) is 11.2 Å². The molecule has 0 bridgehead atoms. The van der Waals surface area contributed by atoms with E-state index in [4.69, 9.17) is 0 Å². The van der Waals surface area contributed by atoms with E-state index in [1.165, 1.54) is 10.9 Å². The highest BCUT2D eigenvalue weighted by Gasteiger charge is 2.25. The van der Waals surface area contributed by atoms with Gasteiger partial charge in [-0.05, 0) is 26.2 Å². The number of aromatic nitrogens is 4. The summed E-state index contributed by atoms with van der Waals surface area (Å²) in [6, 6.07) is 0.149. The molecule has 0 aliphatic carbocycles. The lowest BCUT2D eigenvalue weighted by Crippen LogP contribution is -2.48. The molecule has 8 nitrogen and oxygen atoms in total. The van der Waals surface area contributed by atoms with Gasteiger partial charge in [0.2, 0.25) is 5.91 Å². The third kappa shape index (κ3) is 2.47. The molecule has 0 unspecified atom stereocenters. The Morgan fingerprint density at radius 1 is 1.30 bits per heavy atom. The number of carbonyl (C=O) groups excluding carboxylic acids is 1. The molecular weight excluding hydrogens is 298 g/mol. The quantitative estimate of drug-likeness (QED) is 0.770. The molecule has 23 heavy (non-hydrogen) atoms. The highest BCUT2D eigenvalue weighted by atomic mass is 16.2. The molecule has 1 aliphatic heterocycles. The number of hydrogen-bond acceptors (Lipinski definition) is 4. The zero-order chi connectivity index (χ0) is 16.7. The molecule has 1 amide bonds. The first-order chi connectivity index (χ1) is 10.9. The van der Waals surface area contributed by atoms with E-state index >= 15 is 0 Å². The first kappa shape index (κ1) is 15.5. The fourth-order valence-electron chi connectivity index (χ4n) is 3.23. The first-order valence-corrected chi connectivity index (χ1v) is 7.82. The molecule has 124 valence electrons. The van der Waals surface area contributed by atoms with Gasteiger partial charge in [-0.25, -0.2) is 14.3 Å². The highest BCUT2D eigenvalue weighted by molar-refractivity contribution is 5.77. The number of fused-ring (bicyclic) bond motifs is 1. The number of nitrogens with zero attached hydrogens (tertiary/aromatic N) is 5. The van der Waals surface area contributed by atoms with Gasteiger partial charge in [-0.1, -0.05) is 0 Å². The Morgan fingerprint density at radius 2 is 2.04 bits per heavy atom. The fourth-order valence-corrected chi connectivity index (χ4v) is 3.23. The Balaban J connectivity index is 2.03. The zero-order valence-electron chi connectivity index (χ0n) is 13.7. The monoisotopic (exact) mass is 319 g/mol. The Bertz CT molecular complexity index is 876. The van der Waals surface area contributed by atoms with Gasteiger partial charge in [0.25, 0.3) is 5.56 Å². The van der Waals surface area contributed by atoms with E-state index in [1.54, 1.807) is 23.6 Å².